The Labute approximate surface area is 122 Å². The van der Waals surface area contributed by atoms with Gasteiger partial charge < -0.3 is 14.7 Å². The van der Waals surface area contributed by atoms with Crippen molar-refractivity contribution in [2.24, 2.45) is 0 Å². The van der Waals surface area contributed by atoms with Crippen LogP contribution in [0.5, 0.6) is 0 Å². The van der Waals surface area contributed by atoms with Gasteiger partial charge in [-0.1, -0.05) is 32.0 Å². The van der Waals surface area contributed by atoms with Crippen LogP contribution in [0, 0.1) is 0 Å². The predicted molar refractivity (Wildman–Crippen MR) is 82.0 cm³/mol. The summed E-state index contributed by atoms with van der Waals surface area (Å²) in [5, 5.41) is 4.24. The molecule has 0 atom stereocenters. The third kappa shape index (κ3) is 3.03. The average Bonchev–Trinajstić information content (AvgIpc) is 2.88. The van der Waals surface area contributed by atoms with Crippen molar-refractivity contribution in [1.82, 2.24) is 15.3 Å². The molecule has 3 rings (SSSR count). The molecule has 21 heavy (non-hydrogen) atoms. The van der Waals surface area contributed by atoms with E-state index in [1.165, 1.54) is 6.07 Å². The predicted octanol–water partition coefficient (Wildman–Crippen LogP) is 2.68. The zero-order valence-corrected chi connectivity index (χ0v) is 12.0. The SMILES string of the molecule is CC(C)NCc1cc(=O)[nH]c(-c2cc3ccccc3o2)n1. The number of aromatic nitrogens is 2. The second-order valence-electron chi connectivity index (χ2n) is 5.27. The van der Waals surface area contributed by atoms with Gasteiger partial charge in [0.25, 0.3) is 5.56 Å². The van der Waals surface area contributed by atoms with Crippen molar-refractivity contribution in [2.75, 3.05) is 0 Å². The summed E-state index contributed by atoms with van der Waals surface area (Å²) in [4.78, 5) is 19.0. The van der Waals surface area contributed by atoms with E-state index >= 15 is 0 Å². The molecular formula is C16H17N3O2. The molecule has 0 radical (unpaired) electrons. The summed E-state index contributed by atoms with van der Waals surface area (Å²) in [6, 6.07) is 11.4. The summed E-state index contributed by atoms with van der Waals surface area (Å²) in [6.45, 7) is 4.65. The lowest BCUT2D eigenvalue weighted by atomic mass is 10.2. The first-order valence-corrected chi connectivity index (χ1v) is 6.94. The lowest BCUT2D eigenvalue weighted by molar-refractivity contribution is 0.578. The summed E-state index contributed by atoms with van der Waals surface area (Å²) >= 11 is 0. The lowest BCUT2D eigenvalue weighted by Gasteiger charge is -2.07. The van der Waals surface area contributed by atoms with Gasteiger partial charge in [-0.3, -0.25) is 4.79 Å². The maximum atomic E-state index is 11.8. The summed E-state index contributed by atoms with van der Waals surface area (Å²) in [5.41, 5.74) is 1.30. The van der Waals surface area contributed by atoms with E-state index in [0.29, 0.717) is 29.9 Å². The van der Waals surface area contributed by atoms with Crippen molar-refractivity contribution < 1.29 is 4.42 Å². The first-order chi connectivity index (χ1) is 10.1. The second-order valence-corrected chi connectivity index (χ2v) is 5.27. The zero-order chi connectivity index (χ0) is 14.8. The minimum Gasteiger partial charge on any atom is -0.453 e. The molecule has 5 nitrogen and oxygen atoms in total. The number of H-pyrrole nitrogens is 1. The van der Waals surface area contributed by atoms with Gasteiger partial charge in [-0.25, -0.2) is 4.98 Å². The monoisotopic (exact) mass is 283 g/mol. The van der Waals surface area contributed by atoms with E-state index in [0.717, 1.165) is 11.0 Å². The Morgan fingerprint density at radius 2 is 2.10 bits per heavy atom. The first kappa shape index (κ1) is 13.6. The van der Waals surface area contributed by atoms with E-state index in [1.807, 2.05) is 44.2 Å². The molecule has 0 spiro atoms. The molecule has 2 aromatic heterocycles. The van der Waals surface area contributed by atoms with Gasteiger partial charge >= 0.3 is 0 Å². The molecule has 0 saturated heterocycles. The summed E-state index contributed by atoms with van der Waals surface area (Å²) in [6.07, 6.45) is 0. The smallest absolute Gasteiger partial charge is 0.251 e. The van der Waals surface area contributed by atoms with Gasteiger partial charge in [-0.2, -0.15) is 0 Å². The van der Waals surface area contributed by atoms with Crippen molar-refractivity contribution in [2.45, 2.75) is 26.4 Å². The molecule has 2 heterocycles. The number of para-hydroxylation sites is 1. The Morgan fingerprint density at radius 3 is 2.86 bits per heavy atom. The fourth-order valence-electron chi connectivity index (χ4n) is 2.12. The highest BCUT2D eigenvalue weighted by Crippen LogP contribution is 2.24. The Hall–Kier alpha value is -2.40. The van der Waals surface area contributed by atoms with Crippen LogP contribution in [0.25, 0.3) is 22.6 Å². The maximum Gasteiger partial charge on any atom is 0.251 e. The highest BCUT2D eigenvalue weighted by Gasteiger charge is 2.10. The van der Waals surface area contributed by atoms with Crippen LogP contribution in [-0.2, 0) is 6.54 Å². The molecule has 0 bridgehead atoms. The molecular weight excluding hydrogens is 266 g/mol. The Balaban J connectivity index is 1.99. The molecule has 0 aliphatic heterocycles. The van der Waals surface area contributed by atoms with Crippen LogP contribution in [-0.4, -0.2) is 16.0 Å². The van der Waals surface area contributed by atoms with Gasteiger partial charge in [-0.15, -0.1) is 0 Å². The minimum absolute atomic E-state index is 0.180. The number of furan rings is 1. The number of aromatic amines is 1. The molecule has 0 saturated carbocycles. The zero-order valence-electron chi connectivity index (χ0n) is 12.0. The molecule has 2 N–H and O–H groups in total. The number of hydrogen-bond acceptors (Lipinski definition) is 4. The fourth-order valence-corrected chi connectivity index (χ4v) is 2.12. The third-order valence-corrected chi connectivity index (χ3v) is 3.15. The van der Waals surface area contributed by atoms with E-state index in [1.54, 1.807) is 0 Å². The van der Waals surface area contributed by atoms with Crippen LogP contribution in [0.4, 0.5) is 0 Å². The highest BCUT2D eigenvalue weighted by molar-refractivity contribution is 5.81. The maximum absolute atomic E-state index is 11.8. The number of nitrogens with one attached hydrogen (secondary N) is 2. The second kappa shape index (κ2) is 5.54. The molecule has 5 heteroatoms. The molecule has 0 aliphatic rings. The number of nitrogens with zero attached hydrogens (tertiary/aromatic N) is 1. The molecule has 0 unspecified atom stereocenters. The number of hydrogen-bond donors (Lipinski definition) is 2. The Kier molecular flexibility index (Phi) is 3.58. The minimum atomic E-state index is -0.180. The van der Waals surface area contributed by atoms with Gasteiger partial charge in [0.15, 0.2) is 11.6 Å². The van der Waals surface area contributed by atoms with E-state index in [9.17, 15) is 4.79 Å². The fraction of sp³-hybridized carbons (Fsp3) is 0.250. The van der Waals surface area contributed by atoms with Crippen LogP contribution >= 0.6 is 0 Å². The van der Waals surface area contributed by atoms with E-state index < -0.39 is 0 Å². The average molecular weight is 283 g/mol. The summed E-state index contributed by atoms with van der Waals surface area (Å²) in [5.74, 6) is 1.03. The molecule has 3 aromatic rings. The van der Waals surface area contributed by atoms with Crippen molar-refractivity contribution in [3.63, 3.8) is 0 Å². The largest absolute Gasteiger partial charge is 0.453 e. The van der Waals surface area contributed by atoms with Gasteiger partial charge in [0.2, 0.25) is 0 Å². The van der Waals surface area contributed by atoms with Crippen molar-refractivity contribution >= 4 is 11.0 Å². The molecule has 0 aliphatic carbocycles. The third-order valence-electron chi connectivity index (χ3n) is 3.15. The van der Waals surface area contributed by atoms with Crippen molar-refractivity contribution in [1.29, 1.82) is 0 Å². The summed E-state index contributed by atoms with van der Waals surface area (Å²) < 4.78 is 5.74. The molecule has 108 valence electrons. The van der Waals surface area contributed by atoms with Gasteiger partial charge in [0.1, 0.15) is 5.58 Å². The standard InChI is InChI=1S/C16H17N3O2/c1-10(2)17-9-12-8-15(20)19-16(18-12)14-7-11-5-3-4-6-13(11)21-14/h3-8,10,17H,9H2,1-2H3,(H,18,19,20). The molecule has 1 aromatic carbocycles. The molecule has 0 amide bonds. The number of benzene rings is 1. The quantitative estimate of drug-likeness (QED) is 0.772. The van der Waals surface area contributed by atoms with Gasteiger partial charge in [-0.05, 0) is 12.1 Å². The van der Waals surface area contributed by atoms with E-state index in [4.69, 9.17) is 4.42 Å². The van der Waals surface area contributed by atoms with Gasteiger partial charge in [0.05, 0.1) is 5.69 Å². The van der Waals surface area contributed by atoms with Crippen LogP contribution in [0.15, 0.2) is 45.6 Å². The topological polar surface area (TPSA) is 70.9 Å². The van der Waals surface area contributed by atoms with Crippen LogP contribution < -0.4 is 10.9 Å². The lowest BCUT2D eigenvalue weighted by Crippen LogP contribution is -2.24. The van der Waals surface area contributed by atoms with E-state index in [-0.39, 0.29) is 5.56 Å². The number of fused-ring (bicyclic) bond motifs is 1. The number of rotatable bonds is 4. The Morgan fingerprint density at radius 1 is 1.29 bits per heavy atom. The Bertz CT molecular complexity index is 785. The first-order valence-electron chi connectivity index (χ1n) is 6.94. The van der Waals surface area contributed by atoms with Crippen LogP contribution in [0.2, 0.25) is 0 Å². The normalized spacial score (nSPS) is 11.4. The molecule has 0 fully saturated rings. The van der Waals surface area contributed by atoms with E-state index in [2.05, 4.69) is 15.3 Å². The van der Waals surface area contributed by atoms with Crippen molar-refractivity contribution in [3.05, 3.63) is 52.4 Å². The van der Waals surface area contributed by atoms with Crippen molar-refractivity contribution in [3.8, 4) is 11.6 Å². The highest BCUT2D eigenvalue weighted by atomic mass is 16.3. The van der Waals surface area contributed by atoms with Gasteiger partial charge in [0, 0.05) is 24.0 Å². The van der Waals surface area contributed by atoms with Crippen LogP contribution in [0.1, 0.15) is 19.5 Å². The summed E-state index contributed by atoms with van der Waals surface area (Å²) in [7, 11) is 0. The van der Waals surface area contributed by atoms with Crippen LogP contribution in [0.3, 0.4) is 0 Å².